The first-order valence-corrected chi connectivity index (χ1v) is 10.1. The molecule has 8 heteroatoms. The lowest BCUT2D eigenvalue weighted by Crippen LogP contribution is -2.32. The first-order valence-electron chi connectivity index (χ1n) is 8.34. The van der Waals surface area contributed by atoms with Crippen molar-refractivity contribution in [3.05, 3.63) is 30.4 Å². The lowest BCUT2D eigenvalue weighted by molar-refractivity contribution is -0.134. The maximum Gasteiger partial charge on any atom is 0.313 e. The summed E-state index contributed by atoms with van der Waals surface area (Å²) < 4.78 is 1.51. The molecule has 26 heavy (non-hydrogen) atoms. The second kappa shape index (κ2) is 5.65. The second-order valence-corrected chi connectivity index (χ2v) is 9.08. The SMILES string of the molecule is O=C(O)CSc1nc2ccc(N3C(=O)[C@@H]4[C@@H](C3=O)[C@H]3C=C[C@@H]4C3)cc2s1. The number of nitrogens with zero attached hydrogens (tertiary/aromatic N) is 2. The molecule has 1 aromatic heterocycles. The molecule has 0 unspecified atom stereocenters. The Bertz CT molecular complexity index is 968. The van der Waals surface area contributed by atoms with Crippen molar-refractivity contribution in [2.24, 2.45) is 23.7 Å². The molecular weight excluding hydrogens is 372 g/mol. The van der Waals surface area contributed by atoms with E-state index in [0.29, 0.717) is 10.0 Å². The van der Waals surface area contributed by atoms with Gasteiger partial charge in [-0.3, -0.25) is 14.4 Å². The number of carbonyl (C=O) groups is 3. The maximum absolute atomic E-state index is 12.9. The van der Waals surface area contributed by atoms with Crippen LogP contribution in [0.5, 0.6) is 0 Å². The summed E-state index contributed by atoms with van der Waals surface area (Å²) in [5.41, 5.74) is 1.33. The fraction of sp³-hybridized carbons (Fsp3) is 0.333. The smallest absolute Gasteiger partial charge is 0.313 e. The molecular formula is C18H14N2O4S2. The number of imide groups is 1. The van der Waals surface area contributed by atoms with E-state index in [1.54, 1.807) is 12.1 Å². The zero-order chi connectivity index (χ0) is 18.0. The van der Waals surface area contributed by atoms with E-state index in [2.05, 4.69) is 17.1 Å². The van der Waals surface area contributed by atoms with E-state index >= 15 is 0 Å². The molecule has 6 nitrogen and oxygen atoms in total. The van der Waals surface area contributed by atoms with Gasteiger partial charge in [-0.05, 0) is 36.5 Å². The van der Waals surface area contributed by atoms with Crippen LogP contribution in [0.1, 0.15) is 6.42 Å². The third-order valence-corrected chi connectivity index (χ3v) is 7.55. The van der Waals surface area contributed by atoms with E-state index in [1.807, 2.05) is 6.07 Å². The highest BCUT2D eigenvalue weighted by atomic mass is 32.2. The lowest BCUT2D eigenvalue weighted by Gasteiger charge is -2.17. The van der Waals surface area contributed by atoms with E-state index in [9.17, 15) is 14.4 Å². The summed E-state index contributed by atoms with van der Waals surface area (Å²) in [6, 6.07) is 5.34. The van der Waals surface area contributed by atoms with Gasteiger partial charge in [0.05, 0.1) is 33.5 Å². The van der Waals surface area contributed by atoms with E-state index < -0.39 is 5.97 Å². The summed E-state index contributed by atoms with van der Waals surface area (Å²) in [5.74, 6) is -1.17. The molecule has 2 heterocycles. The maximum atomic E-state index is 12.9. The fourth-order valence-electron chi connectivity index (χ4n) is 4.37. The highest BCUT2D eigenvalue weighted by Gasteiger charge is 2.59. The number of hydrogen-bond donors (Lipinski definition) is 1. The summed E-state index contributed by atoms with van der Waals surface area (Å²) in [7, 11) is 0. The molecule has 1 N–H and O–H groups in total. The molecule has 2 aliphatic carbocycles. The summed E-state index contributed by atoms with van der Waals surface area (Å²) in [6.07, 6.45) is 5.08. The first kappa shape index (κ1) is 16.0. The van der Waals surface area contributed by atoms with Crippen LogP contribution in [0, 0.1) is 23.7 Å². The number of carbonyl (C=O) groups excluding carboxylic acids is 2. The van der Waals surface area contributed by atoms with Gasteiger partial charge in [0.15, 0.2) is 4.34 Å². The van der Waals surface area contributed by atoms with Crippen molar-refractivity contribution in [2.75, 3.05) is 10.7 Å². The minimum absolute atomic E-state index is 0.0467. The Balaban J connectivity index is 1.47. The van der Waals surface area contributed by atoms with Crippen molar-refractivity contribution in [3.63, 3.8) is 0 Å². The van der Waals surface area contributed by atoms with Gasteiger partial charge in [0.1, 0.15) is 0 Å². The summed E-state index contributed by atoms with van der Waals surface area (Å²) in [4.78, 5) is 42.2. The van der Waals surface area contributed by atoms with Gasteiger partial charge in [-0.25, -0.2) is 9.88 Å². The van der Waals surface area contributed by atoms with Crippen LogP contribution in [0.3, 0.4) is 0 Å². The number of carboxylic acids is 1. The standard InChI is InChI=1S/C18H14N2O4S2/c21-13(22)7-25-18-19-11-4-3-10(6-12(11)26-18)20-16(23)14-8-1-2-9(5-8)15(14)17(20)24/h1-4,6,8-9,14-15H,5,7H2,(H,21,22)/t8-,9+,14-,15-/m0/s1. The lowest BCUT2D eigenvalue weighted by atomic mass is 9.85. The number of carboxylic acid groups (broad SMARTS) is 1. The Labute approximate surface area is 156 Å². The highest BCUT2D eigenvalue weighted by molar-refractivity contribution is 8.01. The molecule has 132 valence electrons. The third-order valence-electron chi connectivity index (χ3n) is 5.40. The molecule has 2 aromatic rings. The fourth-order valence-corrected chi connectivity index (χ4v) is 6.19. The number of hydrogen-bond acceptors (Lipinski definition) is 6. The quantitative estimate of drug-likeness (QED) is 0.494. The van der Waals surface area contributed by atoms with Crippen LogP contribution in [0.4, 0.5) is 5.69 Å². The predicted octanol–water partition coefficient (Wildman–Crippen LogP) is 2.78. The highest BCUT2D eigenvalue weighted by Crippen LogP contribution is 2.53. The van der Waals surface area contributed by atoms with Crippen LogP contribution in [0.25, 0.3) is 10.2 Å². The molecule has 2 bridgehead atoms. The number of amides is 2. The van der Waals surface area contributed by atoms with Gasteiger partial charge >= 0.3 is 5.97 Å². The van der Waals surface area contributed by atoms with Crippen molar-refractivity contribution in [1.82, 2.24) is 4.98 Å². The second-order valence-electron chi connectivity index (χ2n) is 6.83. The van der Waals surface area contributed by atoms with Crippen molar-refractivity contribution in [2.45, 2.75) is 10.8 Å². The molecule has 0 spiro atoms. The minimum atomic E-state index is -0.891. The number of thioether (sulfide) groups is 1. The molecule has 1 aliphatic heterocycles. The van der Waals surface area contributed by atoms with Crippen LogP contribution in [-0.4, -0.2) is 33.6 Å². The molecule has 1 aromatic carbocycles. The monoisotopic (exact) mass is 386 g/mol. The molecule has 2 fully saturated rings. The van der Waals surface area contributed by atoms with Gasteiger partial charge in [0, 0.05) is 0 Å². The van der Waals surface area contributed by atoms with E-state index in [-0.39, 0.29) is 41.2 Å². The van der Waals surface area contributed by atoms with Crippen molar-refractivity contribution >= 4 is 56.8 Å². The van der Waals surface area contributed by atoms with Gasteiger partial charge < -0.3 is 5.11 Å². The number of aliphatic carboxylic acids is 1. The van der Waals surface area contributed by atoms with Crippen LogP contribution in [0.2, 0.25) is 0 Å². The van der Waals surface area contributed by atoms with Gasteiger partial charge in [-0.1, -0.05) is 23.9 Å². The van der Waals surface area contributed by atoms with Crippen LogP contribution >= 0.6 is 23.1 Å². The third kappa shape index (κ3) is 2.25. The van der Waals surface area contributed by atoms with Crippen molar-refractivity contribution in [1.29, 1.82) is 0 Å². The van der Waals surface area contributed by atoms with Crippen LogP contribution in [-0.2, 0) is 14.4 Å². The van der Waals surface area contributed by atoms with Gasteiger partial charge in [0.25, 0.3) is 0 Å². The number of anilines is 1. The first-order chi connectivity index (χ1) is 12.5. The minimum Gasteiger partial charge on any atom is -0.481 e. The Kier molecular flexibility index (Phi) is 3.48. The topological polar surface area (TPSA) is 87.6 Å². The Morgan fingerprint density at radius 3 is 2.58 bits per heavy atom. The number of fused-ring (bicyclic) bond motifs is 6. The van der Waals surface area contributed by atoms with Gasteiger partial charge in [-0.15, -0.1) is 11.3 Å². The molecule has 1 saturated carbocycles. The van der Waals surface area contributed by atoms with Crippen LogP contribution < -0.4 is 4.90 Å². The van der Waals surface area contributed by atoms with E-state index in [4.69, 9.17) is 5.11 Å². The average Bonchev–Trinajstić information content (AvgIpc) is 3.35. The average molecular weight is 386 g/mol. The van der Waals surface area contributed by atoms with E-state index in [1.165, 1.54) is 28.0 Å². The summed E-state index contributed by atoms with van der Waals surface area (Å²) in [5, 5.41) is 8.79. The number of aromatic nitrogens is 1. The molecule has 3 aliphatic rings. The predicted molar refractivity (Wildman–Crippen MR) is 98.2 cm³/mol. The van der Waals surface area contributed by atoms with Crippen molar-refractivity contribution < 1.29 is 19.5 Å². The van der Waals surface area contributed by atoms with Crippen LogP contribution in [0.15, 0.2) is 34.7 Å². The van der Waals surface area contributed by atoms with Crippen molar-refractivity contribution in [3.8, 4) is 0 Å². The number of benzene rings is 1. The van der Waals surface area contributed by atoms with Gasteiger partial charge in [0.2, 0.25) is 11.8 Å². The molecule has 5 rings (SSSR count). The molecule has 2 amide bonds. The Hall–Kier alpha value is -2.19. The molecule has 0 radical (unpaired) electrons. The molecule has 4 atom stereocenters. The van der Waals surface area contributed by atoms with E-state index in [0.717, 1.165) is 16.6 Å². The Morgan fingerprint density at radius 1 is 1.23 bits per heavy atom. The number of thiazole rings is 1. The summed E-state index contributed by atoms with van der Waals surface area (Å²) >= 11 is 2.54. The zero-order valence-electron chi connectivity index (χ0n) is 13.5. The zero-order valence-corrected chi connectivity index (χ0v) is 15.1. The largest absolute Gasteiger partial charge is 0.481 e. The summed E-state index contributed by atoms with van der Waals surface area (Å²) in [6.45, 7) is 0. The normalized spacial score (nSPS) is 29.2. The molecule has 1 saturated heterocycles. The number of allylic oxidation sites excluding steroid dienone is 2. The van der Waals surface area contributed by atoms with Gasteiger partial charge in [-0.2, -0.15) is 0 Å². The number of rotatable bonds is 4. The Morgan fingerprint density at radius 2 is 1.92 bits per heavy atom.